The summed E-state index contributed by atoms with van der Waals surface area (Å²) in [7, 11) is 0. The first kappa shape index (κ1) is 22.7. The van der Waals surface area contributed by atoms with E-state index in [1.165, 1.54) is 16.2 Å². The Bertz CT molecular complexity index is 1230. The molecule has 34 heavy (non-hydrogen) atoms. The first-order valence-electron chi connectivity index (χ1n) is 11.3. The van der Waals surface area contributed by atoms with Gasteiger partial charge in [0.1, 0.15) is 17.3 Å². The number of thiophene rings is 1. The van der Waals surface area contributed by atoms with E-state index in [0.717, 1.165) is 40.4 Å². The average Bonchev–Trinajstić information content (AvgIpc) is 3.54. The van der Waals surface area contributed by atoms with Crippen molar-refractivity contribution in [1.29, 1.82) is 0 Å². The number of benzene rings is 1. The highest BCUT2D eigenvalue weighted by atomic mass is 32.2. The monoisotopic (exact) mass is 496 g/mol. The third-order valence-electron chi connectivity index (χ3n) is 5.90. The maximum Gasteiger partial charge on any atom is 0.341 e. The molecule has 1 N–H and O–H groups in total. The fourth-order valence-electron chi connectivity index (χ4n) is 4.41. The third-order valence-corrected chi connectivity index (χ3v) is 8.39. The molecule has 2 aromatic heterocycles. The summed E-state index contributed by atoms with van der Waals surface area (Å²) >= 11 is 2.98. The number of esters is 1. The second-order valence-corrected chi connectivity index (χ2v) is 10.5. The van der Waals surface area contributed by atoms with Crippen LogP contribution in [-0.4, -0.2) is 30.9 Å². The van der Waals surface area contributed by atoms with Crippen LogP contribution in [0, 0.1) is 0 Å². The van der Waals surface area contributed by atoms with Crippen LogP contribution in [-0.2, 0) is 27.2 Å². The average molecular weight is 497 g/mol. The van der Waals surface area contributed by atoms with Crippen LogP contribution in [0.4, 0.5) is 10.7 Å². The third kappa shape index (κ3) is 4.37. The highest BCUT2D eigenvalue weighted by Crippen LogP contribution is 2.45. The van der Waals surface area contributed by atoms with Crippen LogP contribution >= 0.6 is 23.1 Å². The van der Waals surface area contributed by atoms with Crippen LogP contribution in [0.3, 0.4) is 0 Å². The summed E-state index contributed by atoms with van der Waals surface area (Å²) in [6.07, 6.45) is 4.50. The summed E-state index contributed by atoms with van der Waals surface area (Å²) in [6, 6.07) is 11.2. The van der Waals surface area contributed by atoms with Gasteiger partial charge in [-0.3, -0.25) is 9.59 Å². The van der Waals surface area contributed by atoms with Crippen molar-refractivity contribution in [3.63, 3.8) is 0 Å². The van der Waals surface area contributed by atoms with E-state index in [-0.39, 0.29) is 36.6 Å². The molecular weight excluding hydrogens is 472 g/mol. The molecular formula is C25H24N2O5S2. The molecule has 0 fully saturated rings. The van der Waals surface area contributed by atoms with Gasteiger partial charge < -0.3 is 19.4 Å². The largest absolute Gasteiger partial charge is 0.468 e. The SMILES string of the molecule is CCOC(=O)c1c(NC(=O)CN2C(=O)C[C@@H](c3ccco3)Sc3ccccc32)sc2c1CCC2. The molecule has 2 aliphatic rings. The number of anilines is 2. The number of carbonyl (C=O) groups excluding carboxylic acids is 3. The molecule has 0 saturated carbocycles. The predicted octanol–water partition coefficient (Wildman–Crippen LogP) is 5.22. The summed E-state index contributed by atoms with van der Waals surface area (Å²) in [4.78, 5) is 42.6. The highest BCUT2D eigenvalue weighted by molar-refractivity contribution is 7.99. The Labute approximate surface area is 205 Å². The van der Waals surface area contributed by atoms with Crippen molar-refractivity contribution in [2.75, 3.05) is 23.4 Å². The highest BCUT2D eigenvalue weighted by Gasteiger charge is 2.33. The van der Waals surface area contributed by atoms with E-state index in [1.807, 2.05) is 36.4 Å². The van der Waals surface area contributed by atoms with Gasteiger partial charge in [-0.1, -0.05) is 12.1 Å². The van der Waals surface area contributed by atoms with E-state index >= 15 is 0 Å². The van der Waals surface area contributed by atoms with Gasteiger partial charge in [0.05, 0.1) is 29.4 Å². The Hall–Kier alpha value is -3.04. The molecule has 0 spiro atoms. The molecule has 1 atom stereocenters. The topological polar surface area (TPSA) is 88.9 Å². The standard InChI is InChI=1S/C25H24N2O5S2/c1-2-31-25(30)23-15-7-5-11-18(15)34-24(23)26-21(28)14-27-16-8-3-4-10-19(16)33-20(13-22(27)29)17-9-6-12-32-17/h3-4,6,8-10,12,20H,2,5,7,11,13-14H2,1H3,(H,26,28)/t20-/m0/s1. The number of carbonyl (C=O) groups is 3. The molecule has 1 aromatic carbocycles. The minimum Gasteiger partial charge on any atom is -0.468 e. The Kier molecular flexibility index (Phi) is 6.47. The molecule has 0 unspecified atom stereocenters. The zero-order valence-corrected chi connectivity index (χ0v) is 20.3. The number of hydrogen-bond donors (Lipinski definition) is 1. The predicted molar refractivity (Wildman–Crippen MR) is 132 cm³/mol. The molecule has 1 aliphatic carbocycles. The van der Waals surface area contributed by atoms with Crippen molar-refractivity contribution < 1.29 is 23.5 Å². The lowest BCUT2D eigenvalue weighted by molar-refractivity contribution is -0.121. The molecule has 176 valence electrons. The van der Waals surface area contributed by atoms with E-state index in [1.54, 1.807) is 24.9 Å². The molecule has 7 nitrogen and oxygen atoms in total. The smallest absolute Gasteiger partial charge is 0.341 e. The van der Waals surface area contributed by atoms with Crippen molar-refractivity contribution in [2.24, 2.45) is 0 Å². The van der Waals surface area contributed by atoms with Crippen molar-refractivity contribution >= 4 is 51.6 Å². The Morgan fingerprint density at radius 1 is 1.21 bits per heavy atom. The quantitative estimate of drug-likeness (QED) is 0.471. The second kappa shape index (κ2) is 9.68. The van der Waals surface area contributed by atoms with Gasteiger partial charge in [0.15, 0.2) is 0 Å². The van der Waals surface area contributed by atoms with Gasteiger partial charge >= 0.3 is 5.97 Å². The van der Waals surface area contributed by atoms with Gasteiger partial charge in [-0.2, -0.15) is 0 Å². The van der Waals surface area contributed by atoms with E-state index in [0.29, 0.717) is 16.3 Å². The zero-order chi connectivity index (χ0) is 23.7. The van der Waals surface area contributed by atoms with Gasteiger partial charge in [-0.05, 0) is 56.0 Å². The van der Waals surface area contributed by atoms with Gasteiger partial charge in [-0.15, -0.1) is 23.1 Å². The number of rotatable bonds is 6. The lowest BCUT2D eigenvalue weighted by Crippen LogP contribution is -2.38. The van der Waals surface area contributed by atoms with Crippen molar-refractivity contribution in [2.45, 2.75) is 42.8 Å². The molecule has 0 saturated heterocycles. The lowest BCUT2D eigenvalue weighted by atomic mass is 10.1. The van der Waals surface area contributed by atoms with Crippen LogP contribution in [0.15, 0.2) is 52.0 Å². The molecule has 0 radical (unpaired) electrons. The van der Waals surface area contributed by atoms with Gasteiger partial charge in [-0.25, -0.2) is 4.79 Å². The molecule has 3 aromatic rings. The number of para-hydroxylation sites is 1. The van der Waals surface area contributed by atoms with Gasteiger partial charge in [0, 0.05) is 16.2 Å². The number of nitrogens with one attached hydrogen (secondary N) is 1. The fourth-order valence-corrected chi connectivity index (χ4v) is 6.94. The maximum absolute atomic E-state index is 13.3. The van der Waals surface area contributed by atoms with E-state index in [4.69, 9.17) is 9.15 Å². The van der Waals surface area contributed by atoms with Crippen LogP contribution in [0.2, 0.25) is 0 Å². The number of hydrogen-bond acceptors (Lipinski definition) is 7. The minimum absolute atomic E-state index is 0.147. The van der Waals surface area contributed by atoms with E-state index < -0.39 is 5.97 Å². The van der Waals surface area contributed by atoms with Crippen molar-refractivity contribution in [3.05, 3.63) is 64.4 Å². The van der Waals surface area contributed by atoms with Gasteiger partial charge in [0.2, 0.25) is 11.8 Å². The minimum atomic E-state index is -0.411. The molecule has 1 aliphatic heterocycles. The molecule has 5 rings (SSSR count). The number of fused-ring (bicyclic) bond motifs is 2. The second-order valence-electron chi connectivity index (χ2n) is 8.10. The summed E-state index contributed by atoms with van der Waals surface area (Å²) in [5, 5.41) is 3.23. The van der Waals surface area contributed by atoms with E-state index in [2.05, 4.69) is 5.32 Å². The first-order chi connectivity index (χ1) is 16.5. The number of furan rings is 1. The van der Waals surface area contributed by atoms with Crippen molar-refractivity contribution in [1.82, 2.24) is 0 Å². The number of thioether (sulfide) groups is 1. The maximum atomic E-state index is 13.3. The Balaban J connectivity index is 1.39. The molecule has 0 bridgehead atoms. The number of ether oxygens (including phenoxy) is 1. The molecule has 9 heteroatoms. The molecule has 2 amide bonds. The van der Waals surface area contributed by atoms with Crippen LogP contribution in [0.1, 0.15) is 51.6 Å². The Morgan fingerprint density at radius 3 is 2.85 bits per heavy atom. The summed E-state index contributed by atoms with van der Waals surface area (Å²) in [6.45, 7) is 1.88. The summed E-state index contributed by atoms with van der Waals surface area (Å²) in [5.41, 5.74) is 2.14. The Morgan fingerprint density at radius 2 is 2.06 bits per heavy atom. The van der Waals surface area contributed by atoms with Crippen LogP contribution in [0.25, 0.3) is 0 Å². The number of amides is 2. The fraction of sp³-hybridized carbons (Fsp3) is 0.320. The van der Waals surface area contributed by atoms with Crippen LogP contribution < -0.4 is 10.2 Å². The normalized spacial score (nSPS) is 17.1. The van der Waals surface area contributed by atoms with Crippen LogP contribution in [0.5, 0.6) is 0 Å². The molecule has 3 heterocycles. The van der Waals surface area contributed by atoms with Crippen molar-refractivity contribution in [3.8, 4) is 0 Å². The number of nitrogens with zero attached hydrogens (tertiary/aromatic N) is 1. The summed E-state index contributed by atoms with van der Waals surface area (Å²) in [5.74, 6) is -0.193. The lowest BCUT2D eigenvalue weighted by Gasteiger charge is -2.22. The first-order valence-corrected chi connectivity index (χ1v) is 13.0. The van der Waals surface area contributed by atoms with E-state index in [9.17, 15) is 14.4 Å². The van der Waals surface area contributed by atoms with Gasteiger partial charge in [0.25, 0.3) is 0 Å². The zero-order valence-electron chi connectivity index (χ0n) is 18.7. The summed E-state index contributed by atoms with van der Waals surface area (Å²) < 4.78 is 10.8. The number of aryl methyl sites for hydroxylation is 1.